The molecule has 0 atom stereocenters. The number of guanidine groups is 1. The molecule has 28 heavy (non-hydrogen) atoms. The summed E-state index contributed by atoms with van der Waals surface area (Å²) in [6, 6.07) is 8.89. The van der Waals surface area contributed by atoms with E-state index in [1.807, 2.05) is 0 Å². The lowest BCUT2D eigenvalue weighted by Crippen LogP contribution is -2.49. The van der Waals surface area contributed by atoms with Gasteiger partial charge in [-0.3, -0.25) is 0 Å². The molecule has 2 heterocycles. The third-order valence-electron chi connectivity index (χ3n) is 5.13. The second-order valence-electron chi connectivity index (χ2n) is 7.12. The Balaban J connectivity index is 1.56. The average Bonchev–Trinajstić information content (AvgIpc) is 3.27. The number of ether oxygens (including phenoxy) is 1. The quantitative estimate of drug-likeness (QED) is 0.463. The van der Waals surface area contributed by atoms with Crippen LogP contribution >= 0.6 is 0 Å². The van der Waals surface area contributed by atoms with E-state index in [9.17, 15) is 4.79 Å². The number of benzene rings is 1. The van der Waals surface area contributed by atoms with Gasteiger partial charge in [0.15, 0.2) is 5.96 Å². The zero-order valence-electron chi connectivity index (χ0n) is 16.9. The standard InChI is InChI=1S/C21H31N5O2/c1-3-22-20(24-18-9-13-26(14-10-18)21(27)28-2)23-16-17-7-6-8-19(15-17)25-11-4-5-12-25/h4-8,15,18H,3,9-14,16H2,1-2H3,(H2,22,23,24). The minimum atomic E-state index is -0.243. The lowest BCUT2D eigenvalue weighted by Gasteiger charge is -2.32. The molecule has 1 saturated heterocycles. The molecule has 0 unspecified atom stereocenters. The van der Waals surface area contributed by atoms with Crippen LogP contribution in [-0.2, 0) is 11.3 Å². The molecule has 0 radical (unpaired) electrons. The van der Waals surface area contributed by atoms with Crippen molar-refractivity contribution in [2.75, 3.05) is 44.7 Å². The van der Waals surface area contributed by atoms with Crippen molar-refractivity contribution in [3.05, 3.63) is 42.0 Å². The van der Waals surface area contributed by atoms with Gasteiger partial charge in [0.2, 0.25) is 0 Å². The zero-order valence-corrected chi connectivity index (χ0v) is 16.9. The van der Waals surface area contributed by atoms with Crippen LogP contribution in [0.15, 0.2) is 41.4 Å². The normalized spacial score (nSPS) is 17.7. The number of carbonyl (C=O) groups excluding carboxylic acids is 1. The number of amides is 1. The largest absolute Gasteiger partial charge is 0.453 e. The number of aliphatic imine (C=N–C) groups is 1. The molecule has 3 rings (SSSR count). The van der Waals surface area contributed by atoms with Crippen molar-refractivity contribution in [3.63, 3.8) is 0 Å². The summed E-state index contributed by atoms with van der Waals surface area (Å²) in [6.45, 7) is 6.86. The minimum absolute atomic E-state index is 0.243. The van der Waals surface area contributed by atoms with Gasteiger partial charge in [0.25, 0.3) is 0 Å². The van der Waals surface area contributed by atoms with Crippen molar-refractivity contribution in [3.8, 4) is 0 Å². The van der Waals surface area contributed by atoms with E-state index >= 15 is 0 Å². The van der Waals surface area contributed by atoms with Crippen LogP contribution in [0.2, 0.25) is 0 Å². The van der Waals surface area contributed by atoms with E-state index in [2.05, 4.69) is 58.9 Å². The molecule has 1 aromatic carbocycles. The number of nitrogens with zero attached hydrogens (tertiary/aromatic N) is 3. The van der Waals surface area contributed by atoms with Crippen LogP contribution in [-0.4, -0.2) is 62.8 Å². The summed E-state index contributed by atoms with van der Waals surface area (Å²) in [5.41, 5.74) is 2.44. The fourth-order valence-electron chi connectivity index (χ4n) is 3.56. The molecule has 1 fully saturated rings. The number of carbonyl (C=O) groups is 1. The Morgan fingerprint density at radius 3 is 2.68 bits per heavy atom. The van der Waals surface area contributed by atoms with Gasteiger partial charge in [0.05, 0.1) is 13.7 Å². The maximum atomic E-state index is 11.6. The molecule has 152 valence electrons. The summed E-state index contributed by atoms with van der Waals surface area (Å²) < 4.78 is 4.80. The summed E-state index contributed by atoms with van der Waals surface area (Å²) in [6.07, 6.45) is 5.92. The molecule has 0 aliphatic carbocycles. The van der Waals surface area contributed by atoms with E-state index in [0.717, 1.165) is 38.4 Å². The molecule has 0 spiro atoms. The summed E-state index contributed by atoms with van der Waals surface area (Å²) in [4.78, 5) is 20.5. The lowest BCUT2D eigenvalue weighted by molar-refractivity contribution is 0.111. The van der Waals surface area contributed by atoms with E-state index in [1.165, 1.54) is 18.4 Å². The smallest absolute Gasteiger partial charge is 0.409 e. The first kappa shape index (κ1) is 20.0. The highest BCUT2D eigenvalue weighted by molar-refractivity contribution is 5.80. The first-order chi connectivity index (χ1) is 13.7. The van der Waals surface area contributed by atoms with Crippen LogP contribution in [0.1, 0.15) is 25.3 Å². The average molecular weight is 386 g/mol. The lowest BCUT2D eigenvalue weighted by atomic mass is 10.1. The summed E-state index contributed by atoms with van der Waals surface area (Å²) in [5.74, 6) is 0.826. The molecule has 0 bridgehead atoms. The molecule has 7 heteroatoms. The SMILES string of the molecule is CCNC(=NCc1cccc(N2CC=CC2)c1)NC1CCN(C(=O)OC)CC1. The molecule has 1 aromatic rings. The summed E-state index contributed by atoms with van der Waals surface area (Å²) >= 11 is 0. The molecule has 2 aliphatic heterocycles. The van der Waals surface area contributed by atoms with Gasteiger partial charge in [0, 0.05) is 44.5 Å². The van der Waals surface area contributed by atoms with Crippen LogP contribution in [0.5, 0.6) is 0 Å². The van der Waals surface area contributed by atoms with E-state index < -0.39 is 0 Å². The van der Waals surface area contributed by atoms with Gasteiger partial charge in [-0.1, -0.05) is 24.3 Å². The number of methoxy groups -OCH3 is 1. The molecule has 0 saturated carbocycles. The van der Waals surface area contributed by atoms with Crippen LogP contribution in [0, 0.1) is 0 Å². The van der Waals surface area contributed by atoms with Gasteiger partial charge < -0.3 is 25.2 Å². The van der Waals surface area contributed by atoms with Gasteiger partial charge in [-0.05, 0) is 37.5 Å². The third kappa shape index (κ3) is 5.41. The van der Waals surface area contributed by atoms with Gasteiger partial charge in [-0.15, -0.1) is 0 Å². The molecular formula is C21H31N5O2. The molecule has 2 aliphatic rings. The minimum Gasteiger partial charge on any atom is -0.453 e. The van der Waals surface area contributed by atoms with Crippen molar-refractivity contribution in [2.45, 2.75) is 32.4 Å². The Morgan fingerprint density at radius 1 is 1.25 bits per heavy atom. The second-order valence-corrected chi connectivity index (χ2v) is 7.12. The fraction of sp³-hybridized carbons (Fsp3) is 0.524. The van der Waals surface area contributed by atoms with E-state index in [-0.39, 0.29) is 6.09 Å². The third-order valence-corrected chi connectivity index (χ3v) is 5.13. The predicted octanol–water partition coefficient (Wildman–Crippen LogP) is 2.35. The fourth-order valence-corrected chi connectivity index (χ4v) is 3.56. The highest BCUT2D eigenvalue weighted by Crippen LogP contribution is 2.19. The second kappa shape index (κ2) is 10.0. The van der Waals surface area contributed by atoms with Crippen molar-refractivity contribution < 1.29 is 9.53 Å². The van der Waals surface area contributed by atoms with Crippen LogP contribution in [0.4, 0.5) is 10.5 Å². The van der Waals surface area contributed by atoms with Gasteiger partial charge >= 0.3 is 6.09 Å². The molecule has 0 aromatic heterocycles. The monoisotopic (exact) mass is 385 g/mol. The summed E-state index contributed by atoms with van der Waals surface area (Å²) in [7, 11) is 1.43. The Hall–Kier alpha value is -2.70. The molecule has 2 N–H and O–H groups in total. The van der Waals surface area contributed by atoms with Gasteiger partial charge in [-0.25, -0.2) is 9.79 Å². The maximum absolute atomic E-state index is 11.6. The topological polar surface area (TPSA) is 69.2 Å². The van der Waals surface area contributed by atoms with E-state index in [0.29, 0.717) is 25.7 Å². The Bertz CT molecular complexity index is 703. The van der Waals surface area contributed by atoms with Gasteiger partial charge in [-0.2, -0.15) is 0 Å². The number of hydrogen-bond donors (Lipinski definition) is 2. The Labute approximate surface area is 167 Å². The van der Waals surface area contributed by atoms with Gasteiger partial charge in [0.1, 0.15) is 0 Å². The Kier molecular flexibility index (Phi) is 7.17. The number of anilines is 1. The highest BCUT2D eigenvalue weighted by atomic mass is 16.5. The van der Waals surface area contributed by atoms with E-state index in [4.69, 9.17) is 9.73 Å². The first-order valence-electron chi connectivity index (χ1n) is 10.1. The molecule has 1 amide bonds. The van der Waals surface area contributed by atoms with Crippen molar-refractivity contribution in [1.82, 2.24) is 15.5 Å². The van der Waals surface area contributed by atoms with Crippen LogP contribution in [0.3, 0.4) is 0 Å². The number of rotatable bonds is 5. The number of piperidine rings is 1. The Morgan fingerprint density at radius 2 is 2.00 bits per heavy atom. The van der Waals surface area contributed by atoms with Crippen molar-refractivity contribution in [1.29, 1.82) is 0 Å². The van der Waals surface area contributed by atoms with Crippen molar-refractivity contribution in [2.24, 2.45) is 4.99 Å². The molecular weight excluding hydrogens is 354 g/mol. The van der Waals surface area contributed by atoms with Crippen LogP contribution in [0.25, 0.3) is 0 Å². The van der Waals surface area contributed by atoms with Crippen molar-refractivity contribution >= 4 is 17.7 Å². The number of nitrogens with one attached hydrogen (secondary N) is 2. The number of hydrogen-bond acceptors (Lipinski definition) is 4. The highest BCUT2D eigenvalue weighted by Gasteiger charge is 2.23. The first-order valence-corrected chi connectivity index (χ1v) is 10.1. The number of likely N-dealkylation sites (tertiary alicyclic amines) is 1. The maximum Gasteiger partial charge on any atom is 0.409 e. The zero-order chi connectivity index (χ0) is 19.8. The molecule has 7 nitrogen and oxygen atoms in total. The summed E-state index contributed by atoms with van der Waals surface area (Å²) in [5, 5.41) is 6.84. The van der Waals surface area contributed by atoms with Crippen LogP contribution < -0.4 is 15.5 Å². The van der Waals surface area contributed by atoms with E-state index in [1.54, 1.807) is 4.90 Å². The predicted molar refractivity (Wildman–Crippen MR) is 113 cm³/mol.